The molecule has 0 saturated heterocycles. The molecule has 1 aromatic carbocycles. The summed E-state index contributed by atoms with van der Waals surface area (Å²) in [5, 5.41) is 0. The molecule has 2 aromatic rings. The summed E-state index contributed by atoms with van der Waals surface area (Å²) in [6, 6.07) is 3.44. The van der Waals surface area contributed by atoms with Crippen LogP contribution >= 0.6 is 11.8 Å². The first kappa shape index (κ1) is 11.4. The van der Waals surface area contributed by atoms with E-state index >= 15 is 0 Å². The van der Waals surface area contributed by atoms with Gasteiger partial charge in [-0.15, -0.1) is 0 Å². The standard InChI is InChI=1S/C12H8F2N2OS/c13-8-2-1-6(3-9(8)14)11-15-10-5-18-4-7(10)12(17)16-11/h1-3H,4-5H2,(H,15,16,17). The number of H-pyrrole nitrogens is 1. The van der Waals surface area contributed by atoms with Crippen LogP contribution in [0.15, 0.2) is 23.0 Å². The number of thioether (sulfide) groups is 1. The van der Waals surface area contributed by atoms with E-state index in [0.29, 0.717) is 22.6 Å². The first-order valence-corrected chi connectivity index (χ1v) is 6.46. The monoisotopic (exact) mass is 266 g/mol. The van der Waals surface area contributed by atoms with Gasteiger partial charge in [-0.1, -0.05) is 0 Å². The van der Waals surface area contributed by atoms with E-state index in [4.69, 9.17) is 0 Å². The number of aromatic nitrogens is 2. The van der Waals surface area contributed by atoms with Gasteiger partial charge in [0.25, 0.3) is 5.56 Å². The third-order valence-corrected chi connectivity index (χ3v) is 3.75. The molecule has 2 heterocycles. The molecule has 0 atom stereocenters. The Morgan fingerprint density at radius 2 is 2.06 bits per heavy atom. The first-order chi connectivity index (χ1) is 8.65. The Bertz CT molecular complexity index is 684. The molecule has 0 saturated carbocycles. The minimum atomic E-state index is -0.954. The predicted molar refractivity (Wildman–Crippen MR) is 65.2 cm³/mol. The van der Waals surface area contributed by atoms with Gasteiger partial charge in [0.2, 0.25) is 0 Å². The second kappa shape index (κ2) is 4.20. The number of nitrogens with zero attached hydrogens (tertiary/aromatic N) is 1. The van der Waals surface area contributed by atoms with Crippen LogP contribution in [-0.4, -0.2) is 9.97 Å². The lowest BCUT2D eigenvalue weighted by Gasteiger charge is -2.04. The number of halogens is 2. The van der Waals surface area contributed by atoms with Crippen molar-refractivity contribution < 1.29 is 8.78 Å². The average molecular weight is 266 g/mol. The summed E-state index contributed by atoms with van der Waals surface area (Å²) < 4.78 is 26.0. The molecule has 92 valence electrons. The lowest BCUT2D eigenvalue weighted by atomic mass is 10.2. The number of nitrogens with one attached hydrogen (secondary N) is 1. The van der Waals surface area contributed by atoms with E-state index in [1.165, 1.54) is 6.07 Å². The van der Waals surface area contributed by atoms with E-state index in [2.05, 4.69) is 9.97 Å². The molecule has 1 aromatic heterocycles. The van der Waals surface area contributed by atoms with Gasteiger partial charge in [-0.2, -0.15) is 11.8 Å². The van der Waals surface area contributed by atoms with Crippen LogP contribution in [0.1, 0.15) is 11.3 Å². The number of aromatic amines is 1. The molecule has 1 aliphatic heterocycles. The van der Waals surface area contributed by atoms with Crippen LogP contribution in [0.2, 0.25) is 0 Å². The summed E-state index contributed by atoms with van der Waals surface area (Å²) in [5.41, 5.74) is 1.56. The van der Waals surface area contributed by atoms with Crippen molar-refractivity contribution in [1.82, 2.24) is 9.97 Å². The van der Waals surface area contributed by atoms with E-state index in [1.54, 1.807) is 11.8 Å². The fourth-order valence-corrected chi connectivity index (χ4v) is 2.88. The predicted octanol–water partition coefficient (Wildman–Crippen LogP) is 2.46. The maximum atomic E-state index is 13.1. The molecule has 0 amide bonds. The zero-order valence-electron chi connectivity index (χ0n) is 9.17. The van der Waals surface area contributed by atoms with Crippen LogP contribution in [-0.2, 0) is 11.5 Å². The van der Waals surface area contributed by atoms with Gasteiger partial charge in [-0.25, -0.2) is 13.8 Å². The summed E-state index contributed by atoms with van der Waals surface area (Å²) in [7, 11) is 0. The molecule has 1 aliphatic rings. The number of hydrogen-bond acceptors (Lipinski definition) is 3. The van der Waals surface area contributed by atoms with Crippen molar-refractivity contribution in [2.24, 2.45) is 0 Å². The molecule has 0 aliphatic carbocycles. The van der Waals surface area contributed by atoms with Crippen LogP contribution in [0.3, 0.4) is 0 Å². The van der Waals surface area contributed by atoms with E-state index in [-0.39, 0.29) is 11.4 Å². The molecule has 0 spiro atoms. The highest BCUT2D eigenvalue weighted by molar-refractivity contribution is 7.98. The fourth-order valence-electron chi connectivity index (χ4n) is 1.84. The number of rotatable bonds is 1. The molecule has 6 heteroatoms. The van der Waals surface area contributed by atoms with E-state index in [9.17, 15) is 13.6 Å². The highest BCUT2D eigenvalue weighted by Gasteiger charge is 2.18. The van der Waals surface area contributed by atoms with Crippen molar-refractivity contribution in [3.8, 4) is 11.4 Å². The van der Waals surface area contributed by atoms with Crippen molar-refractivity contribution in [3.63, 3.8) is 0 Å². The summed E-state index contributed by atoms with van der Waals surface area (Å²) in [6.07, 6.45) is 0. The zero-order valence-corrected chi connectivity index (χ0v) is 9.98. The van der Waals surface area contributed by atoms with Crippen LogP contribution in [0, 0.1) is 11.6 Å². The van der Waals surface area contributed by atoms with Gasteiger partial charge in [-0.05, 0) is 18.2 Å². The highest BCUT2D eigenvalue weighted by atomic mass is 32.2. The van der Waals surface area contributed by atoms with Crippen molar-refractivity contribution in [3.05, 3.63) is 51.4 Å². The second-order valence-corrected chi connectivity index (χ2v) is 4.95. The number of fused-ring (bicyclic) bond motifs is 1. The van der Waals surface area contributed by atoms with Gasteiger partial charge < -0.3 is 4.98 Å². The summed E-state index contributed by atoms with van der Waals surface area (Å²) in [4.78, 5) is 18.7. The van der Waals surface area contributed by atoms with Crippen molar-refractivity contribution >= 4 is 11.8 Å². The third-order valence-electron chi connectivity index (χ3n) is 2.78. The highest BCUT2D eigenvalue weighted by Crippen LogP contribution is 2.27. The Morgan fingerprint density at radius 1 is 1.22 bits per heavy atom. The zero-order chi connectivity index (χ0) is 12.7. The van der Waals surface area contributed by atoms with Gasteiger partial charge >= 0.3 is 0 Å². The van der Waals surface area contributed by atoms with Gasteiger partial charge in [0.05, 0.1) is 5.69 Å². The molecule has 0 fully saturated rings. The van der Waals surface area contributed by atoms with Gasteiger partial charge in [0, 0.05) is 22.6 Å². The smallest absolute Gasteiger partial charge is 0.255 e. The average Bonchev–Trinajstić information content (AvgIpc) is 2.81. The first-order valence-electron chi connectivity index (χ1n) is 5.30. The minimum absolute atomic E-state index is 0.204. The molecular weight excluding hydrogens is 258 g/mol. The third kappa shape index (κ3) is 1.82. The molecule has 0 radical (unpaired) electrons. The van der Waals surface area contributed by atoms with Crippen LogP contribution in [0.5, 0.6) is 0 Å². The largest absolute Gasteiger partial charge is 0.306 e. The summed E-state index contributed by atoms with van der Waals surface area (Å²) in [6.45, 7) is 0. The van der Waals surface area contributed by atoms with E-state index < -0.39 is 11.6 Å². The van der Waals surface area contributed by atoms with Crippen molar-refractivity contribution in [2.75, 3.05) is 0 Å². The Balaban J connectivity index is 2.15. The number of benzene rings is 1. The maximum absolute atomic E-state index is 13.1. The Hall–Kier alpha value is -1.69. The Labute approximate surface area is 105 Å². The van der Waals surface area contributed by atoms with Crippen LogP contribution in [0.4, 0.5) is 8.78 Å². The molecule has 1 N–H and O–H groups in total. The topological polar surface area (TPSA) is 45.8 Å². The second-order valence-electron chi connectivity index (χ2n) is 3.96. The molecule has 3 nitrogen and oxygen atoms in total. The lowest BCUT2D eigenvalue weighted by molar-refractivity contribution is 0.509. The molecule has 18 heavy (non-hydrogen) atoms. The SMILES string of the molecule is O=c1[nH]c(-c2ccc(F)c(F)c2)nc2c1CSC2. The lowest BCUT2D eigenvalue weighted by Crippen LogP contribution is -2.15. The molecule has 3 rings (SSSR count). The number of hydrogen-bond donors (Lipinski definition) is 1. The Morgan fingerprint density at radius 3 is 2.83 bits per heavy atom. The fraction of sp³-hybridized carbons (Fsp3) is 0.167. The quantitative estimate of drug-likeness (QED) is 0.862. The van der Waals surface area contributed by atoms with Crippen LogP contribution < -0.4 is 5.56 Å². The maximum Gasteiger partial charge on any atom is 0.255 e. The van der Waals surface area contributed by atoms with Gasteiger partial charge in [0.15, 0.2) is 11.6 Å². The van der Waals surface area contributed by atoms with E-state index in [1.807, 2.05) is 0 Å². The summed E-state index contributed by atoms with van der Waals surface area (Å²) >= 11 is 1.61. The Kier molecular flexibility index (Phi) is 2.66. The molecule has 0 bridgehead atoms. The minimum Gasteiger partial charge on any atom is -0.306 e. The van der Waals surface area contributed by atoms with Crippen LogP contribution in [0.25, 0.3) is 11.4 Å². The van der Waals surface area contributed by atoms with Gasteiger partial charge in [-0.3, -0.25) is 4.79 Å². The molecule has 0 unspecified atom stereocenters. The summed E-state index contributed by atoms with van der Waals surface area (Å²) in [5.74, 6) is -0.269. The van der Waals surface area contributed by atoms with Crippen molar-refractivity contribution in [1.29, 1.82) is 0 Å². The molecular formula is C12H8F2N2OS. The van der Waals surface area contributed by atoms with Crippen molar-refractivity contribution in [2.45, 2.75) is 11.5 Å². The normalized spacial score (nSPS) is 13.7. The van der Waals surface area contributed by atoms with E-state index in [0.717, 1.165) is 17.8 Å². The van der Waals surface area contributed by atoms with Gasteiger partial charge in [0.1, 0.15) is 5.82 Å².